The highest BCUT2D eigenvalue weighted by molar-refractivity contribution is 7.16. The smallest absolute Gasteiger partial charge is 0.249 e. The van der Waals surface area contributed by atoms with Crippen molar-refractivity contribution in [3.63, 3.8) is 0 Å². The van der Waals surface area contributed by atoms with E-state index in [4.69, 9.17) is 0 Å². The number of nitrogens with zero attached hydrogens (tertiary/aromatic N) is 1. The van der Waals surface area contributed by atoms with Crippen molar-refractivity contribution in [3.05, 3.63) is 58.0 Å². The van der Waals surface area contributed by atoms with E-state index in [0.29, 0.717) is 10.6 Å². The summed E-state index contributed by atoms with van der Waals surface area (Å²) in [4.78, 5) is 13.0. The van der Waals surface area contributed by atoms with Gasteiger partial charge >= 0.3 is 0 Å². The van der Waals surface area contributed by atoms with E-state index >= 15 is 0 Å². The van der Waals surface area contributed by atoms with E-state index < -0.39 is 0 Å². The maximum Gasteiger partial charge on any atom is 0.249 e. The van der Waals surface area contributed by atoms with Crippen LogP contribution in [0.2, 0.25) is 0 Å². The SMILES string of the molecule is CCc1c(C)sc(NC(=O)/C=C\c2ccccc2)c1C#N. The van der Waals surface area contributed by atoms with Crippen LogP contribution in [0.25, 0.3) is 6.08 Å². The van der Waals surface area contributed by atoms with Crippen molar-refractivity contribution in [2.45, 2.75) is 20.3 Å². The first-order valence-electron chi connectivity index (χ1n) is 6.72. The van der Waals surface area contributed by atoms with Crippen LogP contribution in [0.3, 0.4) is 0 Å². The van der Waals surface area contributed by atoms with E-state index in [1.54, 1.807) is 6.08 Å². The maximum atomic E-state index is 12.0. The summed E-state index contributed by atoms with van der Waals surface area (Å²) < 4.78 is 0. The van der Waals surface area contributed by atoms with Gasteiger partial charge in [-0.05, 0) is 30.5 Å². The molecule has 1 N–H and O–H groups in total. The lowest BCUT2D eigenvalue weighted by atomic mass is 10.1. The Balaban J connectivity index is 2.14. The zero-order valence-corrected chi connectivity index (χ0v) is 12.8. The fourth-order valence-electron chi connectivity index (χ4n) is 2.10. The molecule has 1 amide bonds. The molecule has 1 aromatic heterocycles. The van der Waals surface area contributed by atoms with Gasteiger partial charge < -0.3 is 5.32 Å². The maximum absolute atomic E-state index is 12.0. The first-order valence-corrected chi connectivity index (χ1v) is 7.53. The Morgan fingerprint density at radius 3 is 2.71 bits per heavy atom. The lowest BCUT2D eigenvalue weighted by molar-refractivity contribution is -0.111. The summed E-state index contributed by atoms with van der Waals surface area (Å²) in [6.07, 6.45) is 4.03. The quantitative estimate of drug-likeness (QED) is 0.862. The van der Waals surface area contributed by atoms with Gasteiger partial charge in [0.1, 0.15) is 11.1 Å². The van der Waals surface area contributed by atoms with Crippen LogP contribution in [-0.2, 0) is 11.2 Å². The van der Waals surface area contributed by atoms with Crippen molar-refractivity contribution in [1.29, 1.82) is 5.26 Å². The molecule has 4 heteroatoms. The average Bonchev–Trinajstić information content (AvgIpc) is 2.80. The molecule has 0 spiro atoms. The lowest BCUT2D eigenvalue weighted by Gasteiger charge is -1.99. The summed E-state index contributed by atoms with van der Waals surface area (Å²) in [5.74, 6) is -0.223. The Hall–Kier alpha value is -2.38. The van der Waals surface area contributed by atoms with Crippen molar-refractivity contribution < 1.29 is 4.79 Å². The largest absolute Gasteiger partial charge is 0.313 e. The highest BCUT2D eigenvalue weighted by Gasteiger charge is 2.15. The molecule has 0 aliphatic rings. The number of nitrogens with one attached hydrogen (secondary N) is 1. The first-order chi connectivity index (χ1) is 10.2. The van der Waals surface area contributed by atoms with Crippen molar-refractivity contribution in [1.82, 2.24) is 0 Å². The number of rotatable bonds is 4. The molecular weight excluding hydrogens is 280 g/mol. The van der Waals surface area contributed by atoms with Gasteiger partial charge in [0.2, 0.25) is 5.91 Å². The molecule has 2 aromatic rings. The molecule has 0 bridgehead atoms. The normalized spacial score (nSPS) is 10.5. The van der Waals surface area contributed by atoms with Gasteiger partial charge in [-0.15, -0.1) is 11.3 Å². The third-order valence-corrected chi connectivity index (χ3v) is 4.20. The minimum atomic E-state index is -0.223. The van der Waals surface area contributed by atoms with Crippen molar-refractivity contribution in [2.75, 3.05) is 5.32 Å². The lowest BCUT2D eigenvalue weighted by Crippen LogP contribution is -2.07. The molecular formula is C17H16N2OS. The summed E-state index contributed by atoms with van der Waals surface area (Å²) in [6.45, 7) is 3.98. The third-order valence-electron chi connectivity index (χ3n) is 3.14. The van der Waals surface area contributed by atoms with Gasteiger partial charge in [0.15, 0.2) is 0 Å². The molecule has 0 saturated heterocycles. The van der Waals surface area contributed by atoms with Gasteiger partial charge in [-0.3, -0.25) is 4.79 Å². The van der Waals surface area contributed by atoms with E-state index in [2.05, 4.69) is 11.4 Å². The van der Waals surface area contributed by atoms with Crippen LogP contribution in [0.1, 0.15) is 28.5 Å². The van der Waals surface area contributed by atoms with Gasteiger partial charge in [0.05, 0.1) is 5.56 Å². The van der Waals surface area contributed by atoms with E-state index in [9.17, 15) is 10.1 Å². The number of hydrogen-bond donors (Lipinski definition) is 1. The van der Waals surface area contributed by atoms with Gasteiger partial charge in [-0.2, -0.15) is 5.26 Å². The summed E-state index contributed by atoms with van der Waals surface area (Å²) in [6, 6.07) is 11.8. The molecule has 0 atom stereocenters. The van der Waals surface area contributed by atoms with E-state index in [1.807, 2.05) is 44.2 Å². The zero-order valence-electron chi connectivity index (χ0n) is 12.0. The highest BCUT2D eigenvalue weighted by Crippen LogP contribution is 2.32. The Bertz CT molecular complexity index is 708. The minimum absolute atomic E-state index is 0.223. The standard InChI is InChI=1S/C17H16N2OS/c1-3-14-12(2)21-17(15(14)11-18)19-16(20)10-9-13-7-5-4-6-8-13/h4-10H,3H2,1-2H3,(H,19,20)/b10-9-. The molecule has 1 heterocycles. The van der Waals surface area contributed by atoms with Crippen LogP contribution in [0.5, 0.6) is 0 Å². The molecule has 21 heavy (non-hydrogen) atoms. The predicted molar refractivity (Wildman–Crippen MR) is 87.3 cm³/mol. The minimum Gasteiger partial charge on any atom is -0.313 e. The van der Waals surface area contributed by atoms with Crippen LogP contribution in [0, 0.1) is 18.3 Å². The van der Waals surface area contributed by atoms with Crippen LogP contribution < -0.4 is 5.32 Å². The number of aryl methyl sites for hydroxylation is 1. The van der Waals surface area contributed by atoms with Gasteiger partial charge in [-0.25, -0.2) is 0 Å². The number of carbonyl (C=O) groups is 1. The van der Waals surface area contributed by atoms with Gasteiger partial charge in [-0.1, -0.05) is 37.3 Å². The Labute approximate surface area is 128 Å². The highest BCUT2D eigenvalue weighted by atomic mass is 32.1. The Kier molecular flexibility index (Phi) is 4.91. The molecule has 2 rings (SSSR count). The Morgan fingerprint density at radius 1 is 1.38 bits per heavy atom. The van der Waals surface area contributed by atoms with Gasteiger partial charge in [0, 0.05) is 11.0 Å². The van der Waals surface area contributed by atoms with Crippen LogP contribution in [0.15, 0.2) is 36.4 Å². The van der Waals surface area contributed by atoms with Crippen LogP contribution in [0.4, 0.5) is 5.00 Å². The Morgan fingerprint density at radius 2 is 2.10 bits per heavy atom. The third kappa shape index (κ3) is 3.59. The molecule has 0 radical (unpaired) electrons. The molecule has 106 valence electrons. The summed E-state index contributed by atoms with van der Waals surface area (Å²) in [7, 11) is 0. The van der Waals surface area contributed by atoms with E-state index in [0.717, 1.165) is 22.4 Å². The second kappa shape index (κ2) is 6.87. The molecule has 0 aliphatic carbocycles. The topological polar surface area (TPSA) is 52.9 Å². The van der Waals surface area contributed by atoms with Gasteiger partial charge in [0.25, 0.3) is 0 Å². The first kappa shape index (κ1) is 15.0. The predicted octanol–water partition coefficient (Wildman–Crippen LogP) is 4.14. The number of amides is 1. The van der Waals surface area contributed by atoms with E-state index in [1.165, 1.54) is 17.4 Å². The van der Waals surface area contributed by atoms with Crippen LogP contribution in [-0.4, -0.2) is 5.91 Å². The fourth-order valence-corrected chi connectivity index (χ4v) is 3.20. The molecule has 0 unspecified atom stereocenters. The van der Waals surface area contributed by atoms with Crippen molar-refractivity contribution in [2.24, 2.45) is 0 Å². The van der Waals surface area contributed by atoms with Crippen molar-refractivity contribution >= 4 is 28.3 Å². The second-order valence-electron chi connectivity index (χ2n) is 4.54. The van der Waals surface area contributed by atoms with E-state index in [-0.39, 0.29) is 5.91 Å². The molecule has 0 fully saturated rings. The zero-order chi connectivity index (χ0) is 15.2. The summed E-state index contributed by atoms with van der Waals surface area (Å²) in [5.41, 5.74) is 2.57. The molecule has 3 nitrogen and oxygen atoms in total. The molecule has 0 saturated carbocycles. The number of carbonyl (C=O) groups excluding carboxylic acids is 1. The van der Waals surface area contributed by atoms with Crippen LogP contribution >= 0.6 is 11.3 Å². The molecule has 0 aliphatic heterocycles. The molecule has 1 aromatic carbocycles. The number of nitriles is 1. The second-order valence-corrected chi connectivity index (χ2v) is 5.76. The number of hydrogen-bond acceptors (Lipinski definition) is 3. The monoisotopic (exact) mass is 296 g/mol. The number of anilines is 1. The number of benzene rings is 1. The fraction of sp³-hybridized carbons (Fsp3) is 0.176. The summed E-state index contributed by atoms with van der Waals surface area (Å²) in [5, 5.41) is 12.7. The average molecular weight is 296 g/mol. The summed E-state index contributed by atoms with van der Waals surface area (Å²) >= 11 is 1.45. The number of thiophene rings is 1. The van der Waals surface area contributed by atoms with Crippen molar-refractivity contribution in [3.8, 4) is 6.07 Å².